The molecule has 86 valence electrons. The van der Waals surface area contributed by atoms with E-state index in [4.69, 9.17) is 4.74 Å². The van der Waals surface area contributed by atoms with Gasteiger partial charge < -0.3 is 4.74 Å². The predicted octanol–water partition coefficient (Wildman–Crippen LogP) is 2.42. The van der Waals surface area contributed by atoms with Crippen molar-refractivity contribution in [3.05, 3.63) is 34.3 Å². The van der Waals surface area contributed by atoms with Crippen molar-refractivity contribution in [2.45, 2.75) is 24.9 Å². The van der Waals surface area contributed by atoms with Crippen LogP contribution in [0.1, 0.15) is 24.4 Å². The van der Waals surface area contributed by atoms with Crippen LogP contribution in [-0.4, -0.2) is 19.1 Å². The summed E-state index contributed by atoms with van der Waals surface area (Å²) in [7, 11) is 1.43. The molecule has 0 radical (unpaired) electrons. The second-order valence-electron chi connectivity index (χ2n) is 3.93. The second-order valence-corrected chi connectivity index (χ2v) is 4.84. The SMILES string of the molecule is COC(=O)C1CCC(c2cccc(Br)c2)N1. The first-order valence-corrected chi connectivity index (χ1v) is 6.09. The van der Waals surface area contributed by atoms with E-state index in [1.807, 2.05) is 12.1 Å². The quantitative estimate of drug-likeness (QED) is 0.848. The average molecular weight is 284 g/mol. The summed E-state index contributed by atoms with van der Waals surface area (Å²) in [5.41, 5.74) is 1.21. The van der Waals surface area contributed by atoms with Crippen LogP contribution in [0, 0.1) is 0 Å². The van der Waals surface area contributed by atoms with Gasteiger partial charge in [0.2, 0.25) is 0 Å². The van der Waals surface area contributed by atoms with E-state index >= 15 is 0 Å². The van der Waals surface area contributed by atoms with Crippen LogP contribution < -0.4 is 5.32 Å². The minimum absolute atomic E-state index is 0.158. The van der Waals surface area contributed by atoms with E-state index in [0.717, 1.165) is 17.3 Å². The summed E-state index contributed by atoms with van der Waals surface area (Å²) in [6.45, 7) is 0. The lowest BCUT2D eigenvalue weighted by Gasteiger charge is -2.13. The molecule has 2 unspecified atom stereocenters. The smallest absolute Gasteiger partial charge is 0.322 e. The van der Waals surface area contributed by atoms with Gasteiger partial charge in [-0.25, -0.2) is 0 Å². The Labute approximate surface area is 103 Å². The standard InChI is InChI=1S/C12H14BrNO2/c1-16-12(15)11-6-5-10(14-11)8-3-2-4-9(13)7-8/h2-4,7,10-11,14H,5-6H2,1H3. The van der Waals surface area contributed by atoms with Crippen LogP contribution in [0.3, 0.4) is 0 Å². The van der Waals surface area contributed by atoms with Crippen molar-refractivity contribution in [3.63, 3.8) is 0 Å². The highest BCUT2D eigenvalue weighted by Gasteiger charge is 2.30. The summed E-state index contributed by atoms with van der Waals surface area (Å²) in [5, 5.41) is 3.29. The van der Waals surface area contributed by atoms with Crippen LogP contribution in [0.2, 0.25) is 0 Å². The minimum atomic E-state index is -0.169. The number of halogens is 1. The molecule has 16 heavy (non-hydrogen) atoms. The molecule has 2 atom stereocenters. The molecule has 1 aliphatic heterocycles. The molecule has 1 heterocycles. The van der Waals surface area contributed by atoms with Crippen LogP contribution in [0.25, 0.3) is 0 Å². The fraction of sp³-hybridized carbons (Fsp3) is 0.417. The Bertz CT molecular complexity index is 394. The van der Waals surface area contributed by atoms with Crippen LogP contribution in [0.4, 0.5) is 0 Å². The van der Waals surface area contributed by atoms with Gasteiger partial charge in [0.05, 0.1) is 7.11 Å². The van der Waals surface area contributed by atoms with Gasteiger partial charge in [0.15, 0.2) is 0 Å². The highest BCUT2D eigenvalue weighted by molar-refractivity contribution is 9.10. The Kier molecular flexibility index (Phi) is 3.61. The summed E-state index contributed by atoms with van der Waals surface area (Å²) in [5.74, 6) is -0.169. The van der Waals surface area contributed by atoms with E-state index in [-0.39, 0.29) is 18.1 Å². The lowest BCUT2D eigenvalue weighted by Crippen LogP contribution is -2.33. The number of carbonyl (C=O) groups is 1. The Balaban J connectivity index is 2.06. The van der Waals surface area contributed by atoms with E-state index < -0.39 is 0 Å². The highest BCUT2D eigenvalue weighted by atomic mass is 79.9. The van der Waals surface area contributed by atoms with Crippen molar-refractivity contribution in [3.8, 4) is 0 Å². The van der Waals surface area contributed by atoms with Crippen LogP contribution in [0.15, 0.2) is 28.7 Å². The number of ether oxygens (including phenoxy) is 1. The Hall–Kier alpha value is -0.870. The van der Waals surface area contributed by atoms with Gasteiger partial charge in [-0.3, -0.25) is 10.1 Å². The molecule has 3 nitrogen and oxygen atoms in total. The number of rotatable bonds is 2. The molecule has 0 amide bonds. The van der Waals surface area contributed by atoms with Crippen LogP contribution >= 0.6 is 15.9 Å². The monoisotopic (exact) mass is 283 g/mol. The summed E-state index contributed by atoms with van der Waals surface area (Å²) in [6, 6.07) is 8.25. The predicted molar refractivity (Wildman–Crippen MR) is 65.1 cm³/mol. The lowest BCUT2D eigenvalue weighted by atomic mass is 10.1. The van der Waals surface area contributed by atoms with Crippen molar-refractivity contribution in [2.24, 2.45) is 0 Å². The topological polar surface area (TPSA) is 38.3 Å². The highest BCUT2D eigenvalue weighted by Crippen LogP contribution is 2.28. The lowest BCUT2D eigenvalue weighted by molar-refractivity contribution is -0.142. The number of methoxy groups -OCH3 is 1. The minimum Gasteiger partial charge on any atom is -0.468 e. The van der Waals surface area contributed by atoms with E-state index in [1.54, 1.807) is 0 Å². The maximum absolute atomic E-state index is 11.4. The molecule has 1 aromatic carbocycles. The van der Waals surface area contributed by atoms with Gasteiger partial charge in [-0.2, -0.15) is 0 Å². The van der Waals surface area contributed by atoms with Gasteiger partial charge in [-0.05, 0) is 30.5 Å². The van der Waals surface area contributed by atoms with Gasteiger partial charge in [0.1, 0.15) is 6.04 Å². The fourth-order valence-corrected chi connectivity index (χ4v) is 2.47. The Morgan fingerprint density at radius 2 is 2.31 bits per heavy atom. The van der Waals surface area contributed by atoms with Crippen molar-refractivity contribution in [2.75, 3.05) is 7.11 Å². The normalized spacial score (nSPS) is 24.4. The molecule has 1 saturated heterocycles. The zero-order chi connectivity index (χ0) is 11.5. The number of esters is 1. The van der Waals surface area contributed by atoms with Gasteiger partial charge in [0, 0.05) is 10.5 Å². The third-order valence-electron chi connectivity index (χ3n) is 2.88. The van der Waals surface area contributed by atoms with Crippen molar-refractivity contribution in [1.82, 2.24) is 5.32 Å². The first kappa shape index (κ1) is 11.6. The molecule has 1 aliphatic rings. The summed E-state index contributed by atoms with van der Waals surface area (Å²) < 4.78 is 5.79. The largest absolute Gasteiger partial charge is 0.468 e. The number of hydrogen-bond acceptors (Lipinski definition) is 3. The molecule has 2 rings (SSSR count). The maximum atomic E-state index is 11.4. The van der Waals surface area contributed by atoms with E-state index in [2.05, 4.69) is 33.4 Å². The van der Waals surface area contributed by atoms with Crippen molar-refractivity contribution < 1.29 is 9.53 Å². The Morgan fingerprint density at radius 3 is 3.00 bits per heavy atom. The van der Waals surface area contributed by atoms with E-state index in [9.17, 15) is 4.79 Å². The van der Waals surface area contributed by atoms with Gasteiger partial charge in [-0.1, -0.05) is 28.1 Å². The molecule has 0 spiro atoms. The van der Waals surface area contributed by atoms with Crippen molar-refractivity contribution >= 4 is 21.9 Å². The van der Waals surface area contributed by atoms with Crippen molar-refractivity contribution in [1.29, 1.82) is 0 Å². The number of hydrogen-bond donors (Lipinski definition) is 1. The Morgan fingerprint density at radius 1 is 1.50 bits per heavy atom. The third kappa shape index (κ3) is 2.44. The number of carbonyl (C=O) groups excluding carboxylic acids is 1. The molecule has 0 saturated carbocycles. The molecule has 1 N–H and O–H groups in total. The summed E-state index contributed by atoms with van der Waals surface area (Å²) >= 11 is 3.45. The van der Waals surface area contributed by atoms with E-state index in [0.29, 0.717) is 0 Å². The van der Waals surface area contributed by atoms with Gasteiger partial charge in [0.25, 0.3) is 0 Å². The van der Waals surface area contributed by atoms with E-state index in [1.165, 1.54) is 12.7 Å². The van der Waals surface area contributed by atoms with Gasteiger partial charge >= 0.3 is 5.97 Å². The molecular weight excluding hydrogens is 270 g/mol. The zero-order valence-corrected chi connectivity index (χ0v) is 10.7. The average Bonchev–Trinajstić information content (AvgIpc) is 2.77. The third-order valence-corrected chi connectivity index (χ3v) is 3.38. The molecule has 1 fully saturated rings. The molecule has 4 heteroatoms. The zero-order valence-electron chi connectivity index (χ0n) is 9.07. The summed E-state index contributed by atoms with van der Waals surface area (Å²) in [6.07, 6.45) is 1.81. The summed E-state index contributed by atoms with van der Waals surface area (Å²) in [4.78, 5) is 11.4. The number of benzene rings is 1. The first-order chi connectivity index (χ1) is 7.70. The van der Waals surface area contributed by atoms with Crippen LogP contribution in [-0.2, 0) is 9.53 Å². The van der Waals surface area contributed by atoms with Gasteiger partial charge in [-0.15, -0.1) is 0 Å². The molecular formula is C12H14BrNO2. The number of nitrogens with one attached hydrogen (secondary N) is 1. The molecule has 0 aliphatic carbocycles. The van der Waals surface area contributed by atoms with Crippen LogP contribution in [0.5, 0.6) is 0 Å². The second kappa shape index (κ2) is 4.97. The molecule has 0 bridgehead atoms. The fourth-order valence-electron chi connectivity index (χ4n) is 2.06. The molecule has 1 aromatic rings. The first-order valence-electron chi connectivity index (χ1n) is 5.30. The molecule has 0 aromatic heterocycles. The maximum Gasteiger partial charge on any atom is 0.322 e.